The monoisotopic (exact) mass is 341 g/mol. The van der Waals surface area contributed by atoms with Gasteiger partial charge in [-0.05, 0) is 35.3 Å². The smallest absolute Gasteiger partial charge is 0.345 e. The molecule has 0 fully saturated rings. The van der Waals surface area contributed by atoms with E-state index in [1.807, 2.05) is 24.3 Å². The van der Waals surface area contributed by atoms with Crippen LogP contribution in [0.5, 0.6) is 0 Å². The Morgan fingerprint density at radius 2 is 2.13 bits per heavy atom. The molecular formula is C16H12BNO3S2. The molecule has 114 valence electrons. The second-order valence-electron chi connectivity index (χ2n) is 4.63. The van der Waals surface area contributed by atoms with Gasteiger partial charge in [0.15, 0.2) is 0 Å². The predicted octanol–water partition coefficient (Wildman–Crippen LogP) is 3.14. The van der Waals surface area contributed by atoms with Crippen LogP contribution in [0.3, 0.4) is 0 Å². The van der Waals surface area contributed by atoms with Crippen molar-refractivity contribution in [1.82, 2.24) is 4.98 Å². The van der Waals surface area contributed by atoms with Crippen LogP contribution in [0, 0.1) is 0 Å². The molecule has 0 spiro atoms. The standard InChI is InChI=1S/C16H12BNO3S2/c1-2-21-16(20)12(13(19)9-7-8-22-14(9)17)15-18-10-5-3-4-6-11(10)23-15/h3-8,19H,2H2,1H3. The number of aliphatic hydroxyl groups excluding tert-OH is 1. The van der Waals surface area contributed by atoms with Crippen LogP contribution < -0.4 is 4.78 Å². The van der Waals surface area contributed by atoms with Gasteiger partial charge in [-0.15, -0.1) is 11.3 Å². The molecule has 0 aliphatic rings. The van der Waals surface area contributed by atoms with Crippen LogP contribution in [0.25, 0.3) is 21.5 Å². The number of ether oxygens (including phenoxy) is 1. The molecule has 0 saturated heterocycles. The molecule has 0 atom stereocenters. The Hall–Kier alpha value is -2.12. The molecule has 7 heteroatoms. The number of hydrogen-bond donors (Lipinski definition) is 1. The third-order valence-electron chi connectivity index (χ3n) is 3.17. The molecule has 0 aliphatic carbocycles. The van der Waals surface area contributed by atoms with Crippen LogP contribution in [0.4, 0.5) is 0 Å². The average molecular weight is 341 g/mol. The number of aromatic nitrogens is 1. The van der Waals surface area contributed by atoms with E-state index in [1.54, 1.807) is 18.4 Å². The van der Waals surface area contributed by atoms with E-state index in [2.05, 4.69) is 4.98 Å². The highest BCUT2D eigenvalue weighted by Crippen LogP contribution is 2.32. The molecule has 0 aliphatic heterocycles. The van der Waals surface area contributed by atoms with Crippen molar-refractivity contribution in [2.75, 3.05) is 6.61 Å². The number of para-hydroxylation sites is 1. The fourth-order valence-electron chi connectivity index (χ4n) is 2.12. The molecule has 1 N–H and O–H groups in total. The summed E-state index contributed by atoms with van der Waals surface area (Å²) in [4.78, 5) is 16.8. The number of aliphatic hydroxyl groups is 1. The van der Waals surface area contributed by atoms with Gasteiger partial charge in [-0.2, -0.15) is 11.3 Å². The number of esters is 1. The van der Waals surface area contributed by atoms with Gasteiger partial charge in [0.1, 0.15) is 24.2 Å². The Labute approximate surface area is 142 Å². The van der Waals surface area contributed by atoms with Gasteiger partial charge >= 0.3 is 5.97 Å². The molecule has 2 radical (unpaired) electrons. The van der Waals surface area contributed by atoms with Gasteiger partial charge in [0.05, 0.1) is 16.8 Å². The molecule has 0 bridgehead atoms. The molecule has 4 nitrogen and oxygen atoms in total. The van der Waals surface area contributed by atoms with E-state index in [9.17, 15) is 9.90 Å². The summed E-state index contributed by atoms with van der Waals surface area (Å²) < 4.78 is 6.45. The van der Waals surface area contributed by atoms with E-state index in [0.29, 0.717) is 15.3 Å². The third-order valence-corrected chi connectivity index (χ3v) is 4.97. The van der Waals surface area contributed by atoms with Crippen molar-refractivity contribution in [3.05, 3.63) is 46.3 Å². The second kappa shape index (κ2) is 6.56. The Morgan fingerprint density at radius 3 is 2.78 bits per heavy atom. The molecule has 1 aromatic carbocycles. The normalized spacial score (nSPS) is 12.2. The van der Waals surface area contributed by atoms with E-state index >= 15 is 0 Å². The lowest BCUT2D eigenvalue weighted by Gasteiger charge is -2.08. The van der Waals surface area contributed by atoms with Crippen LogP contribution in [0.15, 0.2) is 35.7 Å². The number of hydrogen-bond acceptors (Lipinski definition) is 6. The molecule has 0 saturated carbocycles. The van der Waals surface area contributed by atoms with Crippen molar-refractivity contribution in [2.24, 2.45) is 0 Å². The van der Waals surface area contributed by atoms with Crippen molar-refractivity contribution < 1.29 is 14.6 Å². The van der Waals surface area contributed by atoms with Gasteiger partial charge in [0, 0.05) is 5.56 Å². The number of carbonyl (C=O) groups is 1. The second-order valence-corrected chi connectivity index (χ2v) is 6.61. The Balaban J connectivity index is 2.19. The summed E-state index contributed by atoms with van der Waals surface area (Å²) in [5.41, 5.74) is 1.22. The summed E-state index contributed by atoms with van der Waals surface area (Å²) in [5, 5.41) is 12.8. The first-order valence-electron chi connectivity index (χ1n) is 6.91. The Kier molecular flexibility index (Phi) is 4.50. The van der Waals surface area contributed by atoms with Crippen LogP contribution in [-0.2, 0) is 9.53 Å². The predicted molar refractivity (Wildman–Crippen MR) is 95.4 cm³/mol. The lowest BCUT2D eigenvalue weighted by Crippen LogP contribution is -2.11. The number of carbonyl (C=O) groups excluding carboxylic acids is 1. The van der Waals surface area contributed by atoms with E-state index in [4.69, 9.17) is 12.6 Å². The number of thiophene rings is 1. The quantitative estimate of drug-likeness (QED) is 0.343. The van der Waals surface area contributed by atoms with Crippen LogP contribution in [0.2, 0.25) is 0 Å². The van der Waals surface area contributed by atoms with Gasteiger partial charge in [0.2, 0.25) is 0 Å². The first-order chi connectivity index (χ1) is 11.1. The molecule has 23 heavy (non-hydrogen) atoms. The number of benzene rings is 1. The molecule has 3 rings (SSSR count). The van der Waals surface area contributed by atoms with Crippen molar-refractivity contribution in [3.63, 3.8) is 0 Å². The summed E-state index contributed by atoms with van der Waals surface area (Å²) in [6.07, 6.45) is 0. The zero-order valence-corrected chi connectivity index (χ0v) is 13.9. The fourth-order valence-corrected chi connectivity index (χ4v) is 3.76. The maximum Gasteiger partial charge on any atom is 0.345 e. The van der Waals surface area contributed by atoms with Crippen molar-refractivity contribution in [3.8, 4) is 0 Å². The molecular weight excluding hydrogens is 329 g/mol. The van der Waals surface area contributed by atoms with E-state index in [1.165, 1.54) is 22.7 Å². The highest BCUT2D eigenvalue weighted by atomic mass is 32.1. The third kappa shape index (κ3) is 3.02. The first kappa shape index (κ1) is 15.8. The molecule has 0 unspecified atom stereocenters. The zero-order chi connectivity index (χ0) is 16.4. The van der Waals surface area contributed by atoms with Gasteiger partial charge in [-0.3, -0.25) is 0 Å². The van der Waals surface area contributed by atoms with Gasteiger partial charge in [-0.1, -0.05) is 12.1 Å². The van der Waals surface area contributed by atoms with Gasteiger partial charge in [-0.25, -0.2) is 9.78 Å². The number of nitrogens with zero attached hydrogens (tertiary/aromatic N) is 1. The minimum Gasteiger partial charge on any atom is -0.506 e. The van der Waals surface area contributed by atoms with Gasteiger partial charge in [0.25, 0.3) is 0 Å². The van der Waals surface area contributed by atoms with Crippen LogP contribution >= 0.6 is 22.7 Å². The van der Waals surface area contributed by atoms with Crippen molar-refractivity contribution in [2.45, 2.75) is 6.92 Å². The van der Waals surface area contributed by atoms with E-state index < -0.39 is 5.97 Å². The zero-order valence-electron chi connectivity index (χ0n) is 12.3. The molecule has 2 aromatic heterocycles. The SMILES string of the molecule is [B]c1sccc1C(O)=C(C(=O)OCC)c1nc2ccccc2s1. The lowest BCUT2D eigenvalue weighted by atomic mass is 9.99. The summed E-state index contributed by atoms with van der Waals surface area (Å²) in [5.74, 6) is -0.823. The molecule has 0 amide bonds. The first-order valence-corrected chi connectivity index (χ1v) is 8.61. The Bertz CT molecular complexity index is 865. The van der Waals surface area contributed by atoms with Crippen molar-refractivity contribution >= 4 is 62.8 Å². The minimum atomic E-state index is -0.616. The summed E-state index contributed by atoms with van der Waals surface area (Å²) in [6.45, 7) is 1.92. The van der Waals surface area contributed by atoms with Crippen LogP contribution in [0.1, 0.15) is 17.5 Å². The topological polar surface area (TPSA) is 59.4 Å². The minimum absolute atomic E-state index is 0.0400. The number of rotatable bonds is 4. The number of thiazole rings is 1. The highest BCUT2D eigenvalue weighted by molar-refractivity contribution is 7.20. The maximum absolute atomic E-state index is 12.4. The maximum atomic E-state index is 12.4. The molecule has 3 aromatic rings. The molecule has 2 heterocycles. The van der Waals surface area contributed by atoms with Crippen LogP contribution in [-0.4, -0.2) is 30.5 Å². The summed E-state index contributed by atoms with van der Waals surface area (Å²) >= 11 is 2.61. The summed E-state index contributed by atoms with van der Waals surface area (Å²) in [7, 11) is 5.86. The average Bonchev–Trinajstić information content (AvgIpc) is 3.13. The van der Waals surface area contributed by atoms with Gasteiger partial charge < -0.3 is 9.84 Å². The van der Waals surface area contributed by atoms with E-state index in [-0.39, 0.29) is 17.9 Å². The summed E-state index contributed by atoms with van der Waals surface area (Å²) in [6, 6.07) is 9.20. The highest BCUT2D eigenvalue weighted by Gasteiger charge is 2.24. The fraction of sp³-hybridized carbons (Fsp3) is 0.125. The largest absolute Gasteiger partial charge is 0.506 e. The number of fused-ring (bicyclic) bond motifs is 1. The Morgan fingerprint density at radius 1 is 1.35 bits per heavy atom. The van der Waals surface area contributed by atoms with Crippen molar-refractivity contribution in [1.29, 1.82) is 0 Å². The van der Waals surface area contributed by atoms with E-state index in [0.717, 1.165) is 10.2 Å². The lowest BCUT2D eigenvalue weighted by molar-refractivity contribution is -0.136.